The van der Waals surface area contributed by atoms with Crippen molar-refractivity contribution in [3.8, 4) is 0 Å². The molecule has 14 heavy (non-hydrogen) atoms. The fourth-order valence-electron chi connectivity index (χ4n) is 1.33. The van der Waals surface area contributed by atoms with Gasteiger partial charge in [-0.05, 0) is 19.3 Å². The molecule has 0 aromatic rings. The van der Waals surface area contributed by atoms with Gasteiger partial charge in [-0.2, -0.15) is 0 Å². The Labute approximate surface area is 105 Å². The molecule has 0 amide bonds. The van der Waals surface area contributed by atoms with Gasteiger partial charge in [0.05, 0.1) is 0 Å². The van der Waals surface area contributed by atoms with Crippen LogP contribution in [-0.2, 0) is 0 Å². The van der Waals surface area contributed by atoms with Crippen LogP contribution in [0.3, 0.4) is 0 Å². The fraction of sp³-hybridized carbons (Fsp3) is 0.818. The van der Waals surface area contributed by atoms with Crippen LogP contribution in [0.2, 0.25) is 0 Å². The molecule has 3 heteroatoms. The van der Waals surface area contributed by atoms with Crippen molar-refractivity contribution in [2.24, 2.45) is 0 Å². The maximum absolute atomic E-state index is 12.6. The van der Waals surface area contributed by atoms with E-state index < -0.39 is 0 Å². The van der Waals surface area contributed by atoms with Crippen molar-refractivity contribution in [2.45, 2.75) is 51.4 Å². The van der Waals surface area contributed by atoms with E-state index in [2.05, 4.69) is 0 Å². The minimum atomic E-state index is 0.0211. The minimum absolute atomic E-state index is 0.0211. The Morgan fingerprint density at radius 2 is 1.50 bits per heavy atom. The molecule has 0 saturated carbocycles. The SMILES string of the molecule is F/C(=C/I)CCCCCCCCCCl. The Bertz CT molecular complexity index is 148. The number of halogens is 3. The highest BCUT2D eigenvalue weighted by molar-refractivity contribution is 14.1. The van der Waals surface area contributed by atoms with Crippen LogP contribution in [0.15, 0.2) is 9.91 Å². The molecule has 0 aliphatic heterocycles. The standard InChI is InChI=1S/C11H19ClFI/c12-9-7-5-3-1-2-4-6-8-11(13)10-14/h10H,1-9H2/b11-10+. The largest absolute Gasteiger partial charge is 0.211 e. The number of hydrogen-bond donors (Lipinski definition) is 0. The van der Waals surface area contributed by atoms with Crippen LogP contribution in [-0.4, -0.2) is 5.88 Å². The molecule has 0 aromatic heterocycles. The minimum Gasteiger partial charge on any atom is -0.211 e. The van der Waals surface area contributed by atoms with Crippen molar-refractivity contribution in [1.82, 2.24) is 0 Å². The van der Waals surface area contributed by atoms with Crippen molar-refractivity contribution in [3.05, 3.63) is 9.91 Å². The molecule has 0 aliphatic carbocycles. The van der Waals surface area contributed by atoms with E-state index in [4.69, 9.17) is 11.6 Å². The van der Waals surface area contributed by atoms with Gasteiger partial charge in [-0.3, -0.25) is 0 Å². The third-order valence-electron chi connectivity index (χ3n) is 2.17. The average molecular weight is 333 g/mol. The summed E-state index contributed by atoms with van der Waals surface area (Å²) >= 11 is 7.51. The molecule has 0 unspecified atom stereocenters. The molecule has 0 nitrogen and oxygen atoms in total. The zero-order chi connectivity index (χ0) is 10.6. The van der Waals surface area contributed by atoms with Crippen LogP contribution < -0.4 is 0 Å². The molecule has 0 spiro atoms. The zero-order valence-electron chi connectivity index (χ0n) is 8.58. The molecule has 0 radical (unpaired) electrons. The molecular formula is C11H19ClFI. The Balaban J connectivity index is 2.99. The number of hydrogen-bond acceptors (Lipinski definition) is 0. The van der Waals surface area contributed by atoms with Crippen molar-refractivity contribution in [3.63, 3.8) is 0 Å². The van der Waals surface area contributed by atoms with Gasteiger partial charge in [-0.15, -0.1) is 11.6 Å². The quantitative estimate of drug-likeness (QED) is 0.293. The van der Waals surface area contributed by atoms with E-state index in [0.717, 1.165) is 25.1 Å². The zero-order valence-corrected chi connectivity index (χ0v) is 11.5. The van der Waals surface area contributed by atoms with E-state index in [9.17, 15) is 4.39 Å². The van der Waals surface area contributed by atoms with Gasteiger partial charge in [-0.1, -0.05) is 54.7 Å². The van der Waals surface area contributed by atoms with Gasteiger partial charge in [0.1, 0.15) is 5.83 Å². The first kappa shape index (κ1) is 14.7. The van der Waals surface area contributed by atoms with Crippen LogP contribution in [0.4, 0.5) is 4.39 Å². The Kier molecular flexibility index (Phi) is 12.3. The summed E-state index contributed by atoms with van der Waals surface area (Å²) in [6.07, 6.45) is 8.91. The van der Waals surface area contributed by atoms with Crippen LogP contribution in [0, 0.1) is 0 Å². The molecule has 0 N–H and O–H groups in total. The second-order valence-electron chi connectivity index (χ2n) is 3.47. The van der Waals surface area contributed by atoms with Crippen molar-refractivity contribution in [1.29, 1.82) is 0 Å². The Morgan fingerprint density at radius 3 is 2.00 bits per heavy atom. The highest BCUT2D eigenvalue weighted by Gasteiger charge is 1.94. The highest BCUT2D eigenvalue weighted by atomic mass is 127. The van der Waals surface area contributed by atoms with Crippen molar-refractivity contribution in [2.75, 3.05) is 5.88 Å². The summed E-state index contributed by atoms with van der Waals surface area (Å²) in [5.41, 5.74) is 0. The van der Waals surface area contributed by atoms with E-state index in [-0.39, 0.29) is 5.83 Å². The molecule has 0 fully saturated rings. The van der Waals surface area contributed by atoms with Crippen LogP contribution in [0.1, 0.15) is 51.4 Å². The lowest BCUT2D eigenvalue weighted by Crippen LogP contribution is -1.82. The predicted molar refractivity (Wildman–Crippen MR) is 70.9 cm³/mol. The van der Waals surface area contributed by atoms with E-state index in [1.54, 1.807) is 0 Å². The van der Waals surface area contributed by atoms with Gasteiger partial charge in [0.2, 0.25) is 0 Å². The third kappa shape index (κ3) is 10.8. The van der Waals surface area contributed by atoms with Gasteiger partial charge < -0.3 is 0 Å². The van der Waals surface area contributed by atoms with E-state index in [1.165, 1.54) is 29.8 Å². The topological polar surface area (TPSA) is 0 Å². The number of allylic oxidation sites excluding steroid dienone is 1. The highest BCUT2D eigenvalue weighted by Crippen LogP contribution is 2.14. The van der Waals surface area contributed by atoms with Gasteiger partial charge in [0.25, 0.3) is 0 Å². The molecule has 0 atom stereocenters. The maximum atomic E-state index is 12.6. The van der Waals surface area contributed by atoms with E-state index >= 15 is 0 Å². The first-order valence-electron chi connectivity index (χ1n) is 5.32. The number of rotatable bonds is 9. The summed E-state index contributed by atoms with van der Waals surface area (Å²) in [4.78, 5) is 0. The van der Waals surface area contributed by atoms with Gasteiger partial charge in [-0.25, -0.2) is 4.39 Å². The Hall–Kier alpha value is 0.690. The summed E-state index contributed by atoms with van der Waals surface area (Å²) in [5.74, 6) is 0.804. The van der Waals surface area contributed by atoms with Crippen LogP contribution in [0.5, 0.6) is 0 Å². The van der Waals surface area contributed by atoms with Crippen LogP contribution >= 0.6 is 34.2 Å². The molecule has 84 valence electrons. The molecule has 0 bridgehead atoms. The summed E-state index contributed by atoms with van der Waals surface area (Å²) < 4.78 is 14.2. The average Bonchev–Trinajstić information content (AvgIpc) is 2.21. The molecule has 0 rings (SSSR count). The molecule has 0 heterocycles. The maximum Gasteiger partial charge on any atom is 0.106 e. The summed E-state index contributed by atoms with van der Waals surface area (Å²) in [6.45, 7) is 0. The van der Waals surface area contributed by atoms with Crippen LogP contribution in [0.25, 0.3) is 0 Å². The van der Waals surface area contributed by atoms with Gasteiger partial charge in [0, 0.05) is 9.96 Å². The second kappa shape index (κ2) is 11.8. The first-order valence-corrected chi connectivity index (χ1v) is 7.10. The second-order valence-corrected chi connectivity index (χ2v) is 4.47. The van der Waals surface area contributed by atoms with Gasteiger partial charge in [0.15, 0.2) is 0 Å². The van der Waals surface area contributed by atoms with Crippen molar-refractivity contribution >= 4 is 34.2 Å². The van der Waals surface area contributed by atoms with E-state index in [0.29, 0.717) is 6.42 Å². The monoisotopic (exact) mass is 332 g/mol. The lowest BCUT2D eigenvalue weighted by molar-refractivity contribution is 0.540. The number of alkyl halides is 1. The normalized spacial score (nSPS) is 12.1. The van der Waals surface area contributed by atoms with Gasteiger partial charge >= 0.3 is 0 Å². The summed E-state index contributed by atoms with van der Waals surface area (Å²) in [6, 6.07) is 0. The fourth-order valence-corrected chi connectivity index (χ4v) is 1.83. The molecule has 0 aliphatic rings. The lowest BCUT2D eigenvalue weighted by Gasteiger charge is -2.00. The Morgan fingerprint density at radius 1 is 1.00 bits per heavy atom. The summed E-state index contributed by atoms with van der Waals surface area (Å²) in [7, 11) is 0. The summed E-state index contributed by atoms with van der Waals surface area (Å²) in [5, 5.41) is 0. The number of unbranched alkanes of at least 4 members (excludes halogenated alkanes) is 6. The smallest absolute Gasteiger partial charge is 0.106 e. The molecule has 0 aromatic carbocycles. The van der Waals surface area contributed by atoms with E-state index in [1.807, 2.05) is 22.6 Å². The molecular weight excluding hydrogens is 313 g/mol. The molecule has 0 saturated heterocycles. The predicted octanol–water partition coefficient (Wildman–Crippen LogP) is 5.59. The third-order valence-corrected chi connectivity index (χ3v) is 3.11. The van der Waals surface area contributed by atoms with Crippen molar-refractivity contribution < 1.29 is 4.39 Å². The lowest BCUT2D eigenvalue weighted by atomic mass is 10.1. The first-order chi connectivity index (χ1) is 6.81.